The molecule has 0 fully saturated rings. The fourth-order valence-corrected chi connectivity index (χ4v) is 2.32. The Hall–Kier alpha value is -2.31. The molecule has 17 heavy (non-hydrogen) atoms. The zero-order valence-electron chi connectivity index (χ0n) is 9.26. The van der Waals surface area contributed by atoms with E-state index in [0.717, 1.165) is 17.8 Å². The maximum absolute atomic E-state index is 10.7. The summed E-state index contributed by atoms with van der Waals surface area (Å²) in [6, 6.07) is 16.3. The van der Waals surface area contributed by atoms with Crippen molar-refractivity contribution >= 4 is 17.3 Å². The Bertz CT molecular complexity index is 566. The topological polar surface area (TPSA) is 20.3 Å². The molecule has 2 nitrogen and oxygen atoms in total. The molecule has 0 saturated heterocycles. The van der Waals surface area contributed by atoms with Gasteiger partial charge < -0.3 is 4.90 Å². The fraction of sp³-hybridized carbons (Fsp3) is 0.0667. The summed E-state index contributed by atoms with van der Waals surface area (Å²) in [6.07, 6.45) is 2.37. The van der Waals surface area contributed by atoms with Crippen molar-refractivity contribution in [2.75, 3.05) is 4.90 Å². The van der Waals surface area contributed by atoms with E-state index in [9.17, 15) is 4.79 Å². The van der Waals surface area contributed by atoms with Gasteiger partial charge in [0.2, 0.25) is 0 Å². The Labute approximate surface area is 99.8 Å². The second kappa shape index (κ2) is 3.93. The van der Waals surface area contributed by atoms with E-state index in [1.165, 1.54) is 17.3 Å². The standard InChI is InChI=1S/C15H11NO/c17-10-9-16-14-7-3-1-5-12(14)11-13-6-2-4-8-15(13)16/h1-9H,11H2. The minimum atomic E-state index is 0.912. The van der Waals surface area contributed by atoms with Crippen LogP contribution in [0.2, 0.25) is 0 Å². The SMILES string of the molecule is O=C=CN1c2ccccc2Cc2ccccc21. The van der Waals surface area contributed by atoms with Crippen LogP contribution in [0.4, 0.5) is 11.4 Å². The first-order valence-electron chi connectivity index (χ1n) is 5.56. The number of anilines is 2. The second-order valence-corrected chi connectivity index (χ2v) is 4.05. The van der Waals surface area contributed by atoms with E-state index in [4.69, 9.17) is 0 Å². The lowest BCUT2D eigenvalue weighted by molar-refractivity contribution is 0.568. The molecule has 1 aliphatic rings. The van der Waals surface area contributed by atoms with Gasteiger partial charge in [-0.3, -0.25) is 0 Å². The monoisotopic (exact) mass is 221 g/mol. The van der Waals surface area contributed by atoms with Crippen molar-refractivity contribution < 1.29 is 4.79 Å². The van der Waals surface area contributed by atoms with E-state index in [-0.39, 0.29) is 0 Å². The molecule has 0 aromatic heterocycles. The molecule has 1 heterocycles. The van der Waals surface area contributed by atoms with Crippen LogP contribution in [-0.4, -0.2) is 5.94 Å². The van der Waals surface area contributed by atoms with Gasteiger partial charge in [0.1, 0.15) is 5.94 Å². The Morgan fingerprint density at radius 2 is 1.47 bits per heavy atom. The third-order valence-electron chi connectivity index (χ3n) is 3.07. The highest BCUT2D eigenvalue weighted by molar-refractivity contribution is 5.78. The summed E-state index contributed by atoms with van der Waals surface area (Å²) in [7, 11) is 0. The van der Waals surface area contributed by atoms with Gasteiger partial charge >= 0.3 is 0 Å². The van der Waals surface area contributed by atoms with Crippen molar-refractivity contribution in [1.82, 2.24) is 0 Å². The normalized spacial score (nSPS) is 12.4. The van der Waals surface area contributed by atoms with E-state index in [1.807, 2.05) is 47.2 Å². The summed E-state index contributed by atoms with van der Waals surface area (Å²) in [5.74, 6) is 1.87. The van der Waals surface area contributed by atoms with Crippen molar-refractivity contribution in [3.63, 3.8) is 0 Å². The van der Waals surface area contributed by atoms with Gasteiger partial charge in [0, 0.05) is 17.8 Å². The molecule has 3 rings (SSSR count). The fourth-order valence-electron chi connectivity index (χ4n) is 2.32. The Kier molecular flexibility index (Phi) is 2.28. The smallest absolute Gasteiger partial charge is 0.142 e. The third-order valence-corrected chi connectivity index (χ3v) is 3.07. The molecule has 1 aliphatic heterocycles. The molecule has 0 unspecified atom stereocenters. The lowest BCUT2D eigenvalue weighted by atomic mass is 9.96. The molecule has 2 aromatic rings. The lowest BCUT2D eigenvalue weighted by Crippen LogP contribution is -2.17. The molecule has 2 aromatic carbocycles. The maximum Gasteiger partial charge on any atom is 0.142 e. The Morgan fingerprint density at radius 1 is 0.941 bits per heavy atom. The van der Waals surface area contributed by atoms with E-state index in [1.54, 1.807) is 0 Å². The minimum absolute atomic E-state index is 0.912. The van der Waals surface area contributed by atoms with Crippen molar-refractivity contribution in [3.8, 4) is 0 Å². The van der Waals surface area contributed by atoms with Gasteiger partial charge in [0.05, 0.1) is 6.20 Å². The Morgan fingerprint density at radius 3 is 2.00 bits per heavy atom. The average molecular weight is 221 g/mol. The number of fused-ring (bicyclic) bond motifs is 2. The van der Waals surface area contributed by atoms with E-state index in [2.05, 4.69) is 12.1 Å². The quantitative estimate of drug-likeness (QED) is 0.690. The number of benzene rings is 2. The average Bonchev–Trinajstić information content (AvgIpc) is 2.39. The van der Waals surface area contributed by atoms with Gasteiger partial charge in [-0.15, -0.1) is 0 Å². The minimum Gasteiger partial charge on any atom is -0.306 e. The number of nitrogens with zero attached hydrogens (tertiary/aromatic N) is 1. The van der Waals surface area contributed by atoms with Crippen molar-refractivity contribution in [2.45, 2.75) is 6.42 Å². The maximum atomic E-state index is 10.7. The van der Waals surface area contributed by atoms with Crippen LogP contribution in [0.25, 0.3) is 0 Å². The van der Waals surface area contributed by atoms with Crippen LogP contribution in [0.3, 0.4) is 0 Å². The molecule has 0 amide bonds. The van der Waals surface area contributed by atoms with Crippen LogP contribution in [0.5, 0.6) is 0 Å². The van der Waals surface area contributed by atoms with Crippen molar-refractivity contribution in [3.05, 3.63) is 65.9 Å². The highest BCUT2D eigenvalue weighted by atomic mass is 16.1. The molecule has 2 heteroatoms. The number of para-hydroxylation sites is 2. The summed E-state index contributed by atoms with van der Waals surface area (Å²) in [5, 5.41) is 0. The summed E-state index contributed by atoms with van der Waals surface area (Å²) in [6.45, 7) is 0. The molecule has 0 N–H and O–H groups in total. The first-order chi connectivity index (χ1) is 8.40. The molecule has 0 saturated carbocycles. The molecule has 0 aliphatic carbocycles. The number of hydrogen-bond acceptors (Lipinski definition) is 2. The van der Waals surface area contributed by atoms with Gasteiger partial charge in [0.15, 0.2) is 0 Å². The van der Waals surface area contributed by atoms with Crippen LogP contribution in [0, 0.1) is 0 Å². The molecule has 0 bridgehead atoms. The van der Waals surface area contributed by atoms with Crippen LogP contribution in [0.15, 0.2) is 54.7 Å². The molecular formula is C15H11NO. The highest BCUT2D eigenvalue weighted by Crippen LogP contribution is 2.38. The van der Waals surface area contributed by atoms with Gasteiger partial charge in [-0.1, -0.05) is 36.4 Å². The highest BCUT2D eigenvalue weighted by Gasteiger charge is 2.20. The number of carbonyl (C=O) groups excluding carboxylic acids is 1. The second-order valence-electron chi connectivity index (χ2n) is 4.05. The molecular weight excluding hydrogens is 210 g/mol. The predicted octanol–water partition coefficient (Wildman–Crippen LogP) is 3.07. The van der Waals surface area contributed by atoms with Crippen molar-refractivity contribution in [2.24, 2.45) is 0 Å². The predicted molar refractivity (Wildman–Crippen MR) is 68.1 cm³/mol. The first-order valence-corrected chi connectivity index (χ1v) is 5.56. The van der Waals surface area contributed by atoms with Crippen LogP contribution in [0.1, 0.15) is 11.1 Å². The molecule has 82 valence electrons. The number of hydrogen-bond donors (Lipinski definition) is 0. The zero-order chi connectivity index (χ0) is 11.7. The molecule has 0 spiro atoms. The lowest BCUT2D eigenvalue weighted by Gasteiger charge is -2.29. The van der Waals surface area contributed by atoms with Gasteiger partial charge in [0.25, 0.3) is 0 Å². The molecule has 0 radical (unpaired) electrons. The summed E-state index contributed by atoms with van der Waals surface area (Å²) in [4.78, 5) is 12.6. The van der Waals surface area contributed by atoms with E-state index in [0.29, 0.717) is 0 Å². The molecule has 0 atom stereocenters. The van der Waals surface area contributed by atoms with Gasteiger partial charge in [-0.05, 0) is 23.3 Å². The largest absolute Gasteiger partial charge is 0.306 e. The summed E-state index contributed by atoms with van der Waals surface area (Å²) >= 11 is 0. The van der Waals surface area contributed by atoms with Crippen molar-refractivity contribution in [1.29, 1.82) is 0 Å². The van der Waals surface area contributed by atoms with E-state index < -0.39 is 0 Å². The van der Waals surface area contributed by atoms with Gasteiger partial charge in [-0.2, -0.15) is 0 Å². The van der Waals surface area contributed by atoms with Crippen LogP contribution < -0.4 is 4.90 Å². The van der Waals surface area contributed by atoms with Crippen LogP contribution >= 0.6 is 0 Å². The third kappa shape index (κ3) is 1.55. The first kappa shape index (κ1) is 9.88. The van der Waals surface area contributed by atoms with E-state index >= 15 is 0 Å². The van der Waals surface area contributed by atoms with Gasteiger partial charge in [-0.25, -0.2) is 4.79 Å². The van der Waals surface area contributed by atoms with Crippen LogP contribution in [-0.2, 0) is 11.2 Å². The summed E-state index contributed by atoms with van der Waals surface area (Å²) in [5.41, 5.74) is 4.60. The Balaban J connectivity index is 2.24. The number of rotatable bonds is 1. The summed E-state index contributed by atoms with van der Waals surface area (Å²) < 4.78 is 0. The zero-order valence-corrected chi connectivity index (χ0v) is 9.26.